The summed E-state index contributed by atoms with van der Waals surface area (Å²) in [6, 6.07) is 25.2. The van der Waals surface area contributed by atoms with Crippen LogP contribution in [-0.2, 0) is 0 Å². The number of carbonyl (C=O) groups excluding carboxylic acids is 1. The van der Waals surface area contributed by atoms with Gasteiger partial charge in [0.2, 0.25) is 0 Å². The van der Waals surface area contributed by atoms with Gasteiger partial charge in [0.15, 0.2) is 0 Å². The van der Waals surface area contributed by atoms with Crippen LogP contribution < -0.4 is 10.2 Å². The maximum absolute atomic E-state index is 12.3. The maximum Gasteiger partial charge on any atom is 0.271 e. The summed E-state index contributed by atoms with van der Waals surface area (Å²) in [4.78, 5) is 12.3. The van der Waals surface area contributed by atoms with Crippen LogP contribution in [0.2, 0.25) is 0 Å². The van der Waals surface area contributed by atoms with Crippen molar-refractivity contribution in [3.8, 4) is 16.9 Å². The molecule has 3 aromatic rings. The number of ether oxygens (including phenoxy) is 1. The fourth-order valence-electron chi connectivity index (χ4n) is 2.66. The second kappa shape index (κ2) is 9.33. The van der Waals surface area contributed by atoms with Crippen molar-refractivity contribution in [2.45, 2.75) is 6.92 Å². The van der Waals surface area contributed by atoms with Crippen molar-refractivity contribution in [2.24, 2.45) is 5.10 Å². The van der Waals surface area contributed by atoms with E-state index in [0.29, 0.717) is 17.9 Å². The molecule has 0 saturated carbocycles. The molecule has 0 fully saturated rings. The Morgan fingerprint density at radius 2 is 1.54 bits per heavy atom. The van der Waals surface area contributed by atoms with Crippen molar-refractivity contribution in [1.29, 1.82) is 0 Å². The molecule has 3 rings (SSSR count). The highest BCUT2D eigenvalue weighted by Gasteiger charge is 2.06. The quantitative estimate of drug-likeness (QED) is 0.358. The van der Waals surface area contributed by atoms with Gasteiger partial charge in [-0.1, -0.05) is 67.3 Å². The van der Waals surface area contributed by atoms with Gasteiger partial charge < -0.3 is 4.74 Å². The number of nitrogens with one attached hydrogen (secondary N) is 1. The highest BCUT2D eigenvalue weighted by Crippen LogP contribution is 2.19. The third-order valence-electron chi connectivity index (χ3n) is 4.22. The third-order valence-corrected chi connectivity index (χ3v) is 4.22. The van der Waals surface area contributed by atoms with Gasteiger partial charge in [-0.25, -0.2) is 5.43 Å². The Morgan fingerprint density at radius 3 is 2.18 bits per heavy atom. The summed E-state index contributed by atoms with van der Waals surface area (Å²) < 4.78 is 5.41. The monoisotopic (exact) mass is 370 g/mol. The van der Waals surface area contributed by atoms with Gasteiger partial charge in [-0.05, 0) is 47.9 Å². The fourth-order valence-corrected chi connectivity index (χ4v) is 2.66. The minimum Gasteiger partial charge on any atom is -0.490 e. The number of rotatable bonds is 7. The summed E-state index contributed by atoms with van der Waals surface area (Å²) >= 11 is 0. The second-order valence-corrected chi connectivity index (χ2v) is 6.21. The molecule has 0 aliphatic carbocycles. The van der Waals surface area contributed by atoms with Gasteiger partial charge in [-0.2, -0.15) is 5.10 Å². The van der Waals surface area contributed by atoms with Crippen molar-refractivity contribution < 1.29 is 9.53 Å². The van der Waals surface area contributed by atoms with Gasteiger partial charge in [-0.15, -0.1) is 0 Å². The van der Waals surface area contributed by atoms with E-state index in [4.69, 9.17) is 4.74 Å². The van der Waals surface area contributed by atoms with Crippen LogP contribution in [-0.4, -0.2) is 18.2 Å². The molecule has 140 valence electrons. The molecule has 0 radical (unpaired) electrons. The van der Waals surface area contributed by atoms with Crippen molar-refractivity contribution in [3.05, 3.63) is 103 Å². The van der Waals surface area contributed by atoms with Gasteiger partial charge in [0.05, 0.1) is 5.71 Å². The Bertz CT molecular complexity index is 960. The van der Waals surface area contributed by atoms with Gasteiger partial charge in [0.1, 0.15) is 12.4 Å². The molecule has 0 aliphatic rings. The van der Waals surface area contributed by atoms with E-state index < -0.39 is 0 Å². The topological polar surface area (TPSA) is 50.7 Å². The Morgan fingerprint density at radius 1 is 0.929 bits per heavy atom. The number of hydrazone groups is 1. The number of hydrogen-bond donors (Lipinski definition) is 1. The summed E-state index contributed by atoms with van der Waals surface area (Å²) in [5.41, 5.74) is 7.10. The first-order valence-corrected chi connectivity index (χ1v) is 9.01. The summed E-state index contributed by atoms with van der Waals surface area (Å²) in [7, 11) is 0. The second-order valence-electron chi connectivity index (χ2n) is 6.21. The molecule has 28 heavy (non-hydrogen) atoms. The molecule has 0 bridgehead atoms. The molecule has 0 aromatic heterocycles. The fraction of sp³-hybridized carbons (Fsp3) is 0.0833. The van der Waals surface area contributed by atoms with E-state index in [1.807, 2.05) is 49.4 Å². The zero-order chi connectivity index (χ0) is 19.8. The van der Waals surface area contributed by atoms with Crippen LogP contribution in [0.15, 0.2) is 96.6 Å². The van der Waals surface area contributed by atoms with Crippen LogP contribution >= 0.6 is 0 Å². The zero-order valence-corrected chi connectivity index (χ0v) is 15.8. The van der Waals surface area contributed by atoms with E-state index in [0.717, 1.165) is 22.4 Å². The lowest BCUT2D eigenvalue weighted by Gasteiger charge is -2.06. The van der Waals surface area contributed by atoms with E-state index in [2.05, 4.69) is 29.2 Å². The van der Waals surface area contributed by atoms with E-state index in [1.165, 1.54) is 0 Å². The van der Waals surface area contributed by atoms with Crippen LogP contribution in [0.4, 0.5) is 0 Å². The average Bonchev–Trinajstić information content (AvgIpc) is 2.77. The molecule has 0 atom stereocenters. The van der Waals surface area contributed by atoms with Crippen molar-refractivity contribution in [3.63, 3.8) is 0 Å². The SMILES string of the molecule is C=CCOc1ccc(C(=O)NN=C(C)c2ccc(-c3ccccc3)cc2)cc1. The van der Waals surface area contributed by atoms with Crippen LogP contribution in [0.1, 0.15) is 22.8 Å². The maximum atomic E-state index is 12.3. The molecule has 0 spiro atoms. The van der Waals surface area contributed by atoms with Crippen LogP contribution in [0.5, 0.6) is 5.75 Å². The summed E-state index contributed by atoms with van der Waals surface area (Å²) in [6.07, 6.45) is 1.67. The first-order valence-electron chi connectivity index (χ1n) is 9.01. The van der Waals surface area contributed by atoms with Gasteiger partial charge in [0, 0.05) is 5.56 Å². The van der Waals surface area contributed by atoms with Gasteiger partial charge in [-0.3, -0.25) is 4.79 Å². The highest BCUT2D eigenvalue weighted by molar-refractivity contribution is 6.01. The van der Waals surface area contributed by atoms with E-state index in [-0.39, 0.29) is 5.91 Å². The van der Waals surface area contributed by atoms with E-state index in [9.17, 15) is 4.79 Å². The number of nitrogens with zero attached hydrogens (tertiary/aromatic N) is 1. The molecule has 4 heteroatoms. The van der Waals surface area contributed by atoms with Crippen molar-refractivity contribution in [2.75, 3.05) is 6.61 Å². The number of benzene rings is 3. The largest absolute Gasteiger partial charge is 0.490 e. The summed E-state index contributed by atoms with van der Waals surface area (Å²) in [6.45, 7) is 5.90. The molecule has 0 unspecified atom stereocenters. The Hall–Kier alpha value is -3.66. The Balaban J connectivity index is 1.63. The minimum absolute atomic E-state index is 0.268. The van der Waals surface area contributed by atoms with Crippen molar-refractivity contribution >= 4 is 11.6 Å². The smallest absolute Gasteiger partial charge is 0.271 e. The zero-order valence-electron chi connectivity index (χ0n) is 15.8. The molecule has 1 amide bonds. The van der Waals surface area contributed by atoms with E-state index >= 15 is 0 Å². The standard InChI is InChI=1S/C24H22N2O2/c1-3-17-28-23-15-13-22(14-16-23)24(27)26-25-18(2)19-9-11-21(12-10-19)20-7-5-4-6-8-20/h3-16H,1,17H2,2H3,(H,26,27). The molecule has 3 aromatic carbocycles. The lowest BCUT2D eigenvalue weighted by Crippen LogP contribution is -2.19. The summed E-state index contributed by atoms with van der Waals surface area (Å²) in [5, 5.41) is 4.22. The molecule has 0 heterocycles. The van der Waals surface area contributed by atoms with Crippen molar-refractivity contribution in [1.82, 2.24) is 5.43 Å². The summed E-state index contributed by atoms with van der Waals surface area (Å²) in [5.74, 6) is 0.421. The lowest BCUT2D eigenvalue weighted by atomic mass is 10.0. The minimum atomic E-state index is -0.268. The third kappa shape index (κ3) is 4.95. The lowest BCUT2D eigenvalue weighted by molar-refractivity contribution is 0.0955. The molecule has 1 N–H and O–H groups in total. The highest BCUT2D eigenvalue weighted by atomic mass is 16.5. The van der Waals surface area contributed by atoms with Gasteiger partial charge in [0.25, 0.3) is 5.91 Å². The number of carbonyl (C=O) groups is 1. The molecule has 0 saturated heterocycles. The predicted octanol–water partition coefficient (Wildman–Crippen LogP) is 5.07. The molecule has 4 nitrogen and oxygen atoms in total. The Labute approximate surface area is 165 Å². The molecule has 0 aliphatic heterocycles. The van der Waals surface area contributed by atoms with Crippen LogP contribution in [0.3, 0.4) is 0 Å². The predicted molar refractivity (Wildman–Crippen MR) is 114 cm³/mol. The molecular weight excluding hydrogens is 348 g/mol. The number of hydrogen-bond acceptors (Lipinski definition) is 3. The first kappa shape index (κ1) is 19.1. The Kier molecular flexibility index (Phi) is 6.37. The first-order chi connectivity index (χ1) is 13.7. The normalized spacial score (nSPS) is 11.0. The molecular formula is C24H22N2O2. The number of amides is 1. The van der Waals surface area contributed by atoms with Crippen LogP contribution in [0.25, 0.3) is 11.1 Å². The average molecular weight is 370 g/mol. The van der Waals surface area contributed by atoms with E-state index in [1.54, 1.807) is 30.3 Å². The van der Waals surface area contributed by atoms with Crippen LogP contribution in [0, 0.1) is 0 Å². The van der Waals surface area contributed by atoms with Gasteiger partial charge >= 0.3 is 0 Å².